The summed E-state index contributed by atoms with van der Waals surface area (Å²) in [6, 6.07) is 11.4. The molecule has 6 heteroatoms. The van der Waals surface area contributed by atoms with Crippen LogP contribution < -0.4 is 10.1 Å². The molecule has 0 aliphatic carbocycles. The second-order valence-corrected chi connectivity index (χ2v) is 4.13. The SMILES string of the molecule is COCCOc1ccc(Nc2cccc(C#N)n2)cc1F. The third kappa shape index (κ3) is 4.16. The number of benzene rings is 1. The van der Waals surface area contributed by atoms with Crippen molar-refractivity contribution in [1.29, 1.82) is 5.26 Å². The van der Waals surface area contributed by atoms with Crippen LogP contribution in [0, 0.1) is 17.1 Å². The lowest BCUT2D eigenvalue weighted by atomic mass is 10.3. The summed E-state index contributed by atoms with van der Waals surface area (Å²) in [5, 5.41) is 11.7. The average molecular weight is 287 g/mol. The zero-order valence-electron chi connectivity index (χ0n) is 11.5. The fourth-order valence-corrected chi connectivity index (χ4v) is 1.65. The summed E-state index contributed by atoms with van der Waals surface area (Å²) in [7, 11) is 1.55. The molecular weight excluding hydrogens is 273 g/mol. The summed E-state index contributed by atoms with van der Waals surface area (Å²) in [5.74, 6) is 0.158. The molecule has 0 radical (unpaired) electrons. The molecule has 21 heavy (non-hydrogen) atoms. The van der Waals surface area contributed by atoms with Gasteiger partial charge in [-0.15, -0.1) is 0 Å². The number of hydrogen-bond acceptors (Lipinski definition) is 5. The fraction of sp³-hybridized carbons (Fsp3) is 0.200. The second kappa shape index (κ2) is 7.22. The minimum absolute atomic E-state index is 0.163. The normalized spacial score (nSPS) is 9.95. The Morgan fingerprint density at radius 3 is 2.86 bits per heavy atom. The molecule has 2 aromatic rings. The molecule has 5 nitrogen and oxygen atoms in total. The van der Waals surface area contributed by atoms with Crippen LogP contribution in [-0.2, 0) is 4.74 Å². The first-order valence-electron chi connectivity index (χ1n) is 6.28. The number of nitriles is 1. The predicted octanol–water partition coefficient (Wildman–Crippen LogP) is 2.86. The summed E-state index contributed by atoms with van der Waals surface area (Å²) in [6.45, 7) is 0.677. The summed E-state index contributed by atoms with van der Waals surface area (Å²) in [5.41, 5.74) is 0.814. The molecule has 0 saturated carbocycles. The quantitative estimate of drug-likeness (QED) is 0.827. The van der Waals surface area contributed by atoms with Crippen LogP contribution in [0.3, 0.4) is 0 Å². The maximum Gasteiger partial charge on any atom is 0.167 e. The Balaban J connectivity index is 2.07. The molecule has 0 saturated heterocycles. The minimum atomic E-state index is -0.479. The van der Waals surface area contributed by atoms with E-state index in [1.165, 1.54) is 12.1 Å². The molecule has 1 N–H and O–H groups in total. The van der Waals surface area contributed by atoms with Gasteiger partial charge < -0.3 is 14.8 Å². The number of ether oxygens (including phenoxy) is 2. The summed E-state index contributed by atoms with van der Waals surface area (Å²) in [4.78, 5) is 4.06. The molecule has 0 aliphatic rings. The molecular formula is C15H14FN3O2. The van der Waals surface area contributed by atoms with Crippen molar-refractivity contribution < 1.29 is 13.9 Å². The van der Waals surface area contributed by atoms with E-state index in [1.807, 2.05) is 6.07 Å². The highest BCUT2D eigenvalue weighted by Crippen LogP contribution is 2.23. The number of aromatic nitrogens is 1. The first kappa shape index (κ1) is 14.8. The molecule has 0 spiro atoms. The van der Waals surface area contributed by atoms with Crippen molar-refractivity contribution >= 4 is 11.5 Å². The zero-order chi connectivity index (χ0) is 15.1. The van der Waals surface area contributed by atoms with Gasteiger partial charge in [0.15, 0.2) is 11.6 Å². The standard InChI is InChI=1S/C15H14FN3O2/c1-20-7-8-21-14-6-5-11(9-13(14)16)18-15-4-2-3-12(10-17)19-15/h2-6,9H,7-8H2,1H3,(H,18,19). The highest BCUT2D eigenvalue weighted by Gasteiger charge is 2.06. The van der Waals surface area contributed by atoms with Crippen molar-refractivity contribution in [2.24, 2.45) is 0 Å². The number of nitrogens with one attached hydrogen (secondary N) is 1. The number of hydrogen-bond donors (Lipinski definition) is 1. The van der Waals surface area contributed by atoms with E-state index in [9.17, 15) is 4.39 Å². The van der Waals surface area contributed by atoms with E-state index in [2.05, 4.69) is 10.3 Å². The van der Waals surface area contributed by atoms with Crippen LogP contribution in [0.15, 0.2) is 36.4 Å². The van der Waals surface area contributed by atoms with Crippen molar-refractivity contribution in [3.8, 4) is 11.8 Å². The third-order valence-electron chi connectivity index (χ3n) is 2.61. The molecule has 1 aromatic heterocycles. The van der Waals surface area contributed by atoms with Gasteiger partial charge in [0.25, 0.3) is 0 Å². The van der Waals surface area contributed by atoms with Gasteiger partial charge in [0, 0.05) is 18.9 Å². The monoisotopic (exact) mass is 287 g/mol. The van der Waals surface area contributed by atoms with Gasteiger partial charge in [-0.1, -0.05) is 6.07 Å². The zero-order valence-corrected chi connectivity index (χ0v) is 11.5. The van der Waals surface area contributed by atoms with Crippen LogP contribution in [0.5, 0.6) is 5.75 Å². The van der Waals surface area contributed by atoms with Crippen LogP contribution in [0.25, 0.3) is 0 Å². The van der Waals surface area contributed by atoms with E-state index in [0.717, 1.165) is 0 Å². The molecule has 2 rings (SSSR count). The van der Waals surface area contributed by atoms with E-state index < -0.39 is 5.82 Å². The lowest BCUT2D eigenvalue weighted by molar-refractivity contribution is 0.144. The predicted molar refractivity (Wildman–Crippen MR) is 76.0 cm³/mol. The van der Waals surface area contributed by atoms with Gasteiger partial charge in [-0.05, 0) is 24.3 Å². The topological polar surface area (TPSA) is 67.2 Å². The van der Waals surface area contributed by atoms with Gasteiger partial charge in [-0.3, -0.25) is 0 Å². The number of anilines is 2. The van der Waals surface area contributed by atoms with E-state index in [0.29, 0.717) is 23.8 Å². The Morgan fingerprint density at radius 2 is 2.14 bits per heavy atom. The van der Waals surface area contributed by atoms with Gasteiger partial charge in [-0.2, -0.15) is 5.26 Å². The van der Waals surface area contributed by atoms with Gasteiger partial charge in [0.2, 0.25) is 0 Å². The summed E-state index contributed by atoms with van der Waals surface area (Å²) < 4.78 is 23.9. The molecule has 1 aromatic carbocycles. The molecule has 0 atom stereocenters. The van der Waals surface area contributed by atoms with Crippen molar-refractivity contribution in [3.63, 3.8) is 0 Å². The second-order valence-electron chi connectivity index (χ2n) is 4.13. The van der Waals surface area contributed by atoms with Crippen molar-refractivity contribution in [3.05, 3.63) is 47.9 Å². The van der Waals surface area contributed by atoms with Crippen molar-refractivity contribution in [2.45, 2.75) is 0 Å². The number of methoxy groups -OCH3 is 1. The molecule has 0 unspecified atom stereocenters. The molecule has 0 fully saturated rings. The molecule has 0 bridgehead atoms. The van der Waals surface area contributed by atoms with E-state index in [-0.39, 0.29) is 12.4 Å². The van der Waals surface area contributed by atoms with Crippen molar-refractivity contribution in [1.82, 2.24) is 4.98 Å². The Kier molecular flexibility index (Phi) is 5.07. The number of halogens is 1. The van der Waals surface area contributed by atoms with Crippen LogP contribution >= 0.6 is 0 Å². The van der Waals surface area contributed by atoms with Crippen LogP contribution in [0.1, 0.15) is 5.69 Å². The summed E-state index contributed by atoms with van der Waals surface area (Å²) in [6.07, 6.45) is 0. The largest absolute Gasteiger partial charge is 0.488 e. The lowest BCUT2D eigenvalue weighted by Crippen LogP contribution is -2.05. The van der Waals surface area contributed by atoms with E-state index in [1.54, 1.807) is 31.4 Å². The summed E-state index contributed by atoms with van der Waals surface area (Å²) >= 11 is 0. The smallest absolute Gasteiger partial charge is 0.167 e. The fourth-order valence-electron chi connectivity index (χ4n) is 1.65. The highest BCUT2D eigenvalue weighted by atomic mass is 19.1. The van der Waals surface area contributed by atoms with E-state index in [4.69, 9.17) is 14.7 Å². The van der Waals surface area contributed by atoms with Crippen LogP contribution in [0.4, 0.5) is 15.9 Å². The van der Waals surface area contributed by atoms with Crippen LogP contribution in [0.2, 0.25) is 0 Å². The average Bonchev–Trinajstić information content (AvgIpc) is 2.50. The Hall–Kier alpha value is -2.65. The van der Waals surface area contributed by atoms with Gasteiger partial charge in [0.1, 0.15) is 24.2 Å². The Morgan fingerprint density at radius 1 is 1.29 bits per heavy atom. The third-order valence-corrected chi connectivity index (χ3v) is 2.61. The molecule has 0 aliphatic heterocycles. The van der Waals surface area contributed by atoms with Gasteiger partial charge in [-0.25, -0.2) is 9.37 Å². The minimum Gasteiger partial charge on any atom is -0.488 e. The van der Waals surface area contributed by atoms with E-state index >= 15 is 0 Å². The number of rotatable bonds is 6. The van der Waals surface area contributed by atoms with Gasteiger partial charge in [0.05, 0.1) is 6.61 Å². The molecule has 108 valence electrons. The first-order chi connectivity index (χ1) is 10.2. The van der Waals surface area contributed by atoms with Gasteiger partial charge >= 0.3 is 0 Å². The number of nitrogens with zero attached hydrogens (tertiary/aromatic N) is 2. The molecule has 0 amide bonds. The first-order valence-corrected chi connectivity index (χ1v) is 6.28. The highest BCUT2D eigenvalue weighted by molar-refractivity contribution is 5.57. The number of pyridine rings is 1. The maximum absolute atomic E-state index is 13.8. The maximum atomic E-state index is 13.8. The Labute approximate surface area is 122 Å². The lowest BCUT2D eigenvalue weighted by Gasteiger charge is -2.09. The van der Waals surface area contributed by atoms with Crippen LogP contribution in [-0.4, -0.2) is 25.3 Å². The Bertz CT molecular complexity index is 656. The van der Waals surface area contributed by atoms with Crippen molar-refractivity contribution in [2.75, 3.05) is 25.6 Å². The molecule has 1 heterocycles.